The van der Waals surface area contributed by atoms with Crippen LogP contribution in [0.1, 0.15) is 17.5 Å². The maximum Gasteiger partial charge on any atom is 0.374 e. The second-order valence-electron chi connectivity index (χ2n) is 6.54. The first-order chi connectivity index (χ1) is 13.6. The molecule has 0 radical (unpaired) electrons. The lowest BCUT2D eigenvalue weighted by molar-refractivity contribution is 0.0490. The topological polar surface area (TPSA) is 81.5 Å². The predicted molar refractivity (Wildman–Crippen MR) is 106 cm³/mol. The first-order valence-electron chi connectivity index (χ1n) is 9.36. The molecule has 2 heterocycles. The first-order valence-corrected chi connectivity index (χ1v) is 9.36. The van der Waals surface area contributed by atoms with Crippen LogP contribution in [-0.4, -0.2) is 71.0 Å². The van der Waals surface area contributed by atoms with Gasteiger partial charge in [0.25, 0.3) is 0 Å². The predicted octanol–water partition coefficient (Wildman–Crippen LogP) is 1.75. The molecule has 1 aliphatic rings. The van der Waals surface area contributed by atoms with Gasteiger partial charge in [0, 0.05) is 52.0 Å². The minimum absolute atomic E-state index is 0.0931. The molecule has 1 aromatic carbocycles. The Morgan fingerprint density at radius 3 is 2.54 bits per heavy atom. The monoisotopic (exact) mass is 390 g/mol. The maximum atomic E-state index is 12.6. The summed E-state index contributed by atoms with van der Waals surface area (Å²) in [5.74, 6) is -0.169. The van der Waals surface area contributed by atoms with Crippen LogP contribution in [0.5, 0.6) is 5.75 Å². The van der Waals surface area contributed by atoms with Crippen LogP contribution in [0.4, 0.5) is 5.69 Å². The number of methoxy groups -OCH3 is 2. The molecule has 0 aliphatic carbocycles. The van der Waals surface area contributed by atoms with Crippen molar-refractivity contribution in [3.05, 3.63) is 34.2 Å². The van der Waals surface area contributed by atoms with Crippen molar-refractivity contribution in [3.8, 4) is 5.75 Å². The Morgan fingerprint density at radius 1 is 1.14 bits per heavy atom. The van der Waals surface area contributed by atoms with Crippen molar-refractivity contribution in [1.29, 1.82) is 0 Å². The van der Waals surface area contributed by atoms with E-state index in [1.807, 2.05) is 6.07 Å². The quantitative estimate of drug-likeness (QED) is 0.662. The van der Waals surface area contributed by atoms with Gasteiger partial charge < -0.3 is 23.5 Å². The molecule has 152 valence electrons. The molecule has 8 nitrogen and oxygen atoms in total. The Balaban J connectivity index is 1.98. The number of piperazine rings is 1. The third kappa shape index (κ3) is 4.28. The van der Waals surface area contributed by atoms with Gasteiger partial charge in [-0.1, -0.05) is 0 Å². The average molecular weight is 390 g/mol. The molecule has 0 saturated carbocycles. The molecule has 1 fully saturated rings. The van der Waals surface area contributed by atoms with E-state index in [0.29, 0.717) is 23.3 Å². The number of fused-ring (bicyclic) bond motifs is 1. The fraction of sp³-hybridized carbons (Fsp3) is 0.500. The molecule has 8 heteroatoms. The lowest BCUT2D eigenvalue weighted by atomic mass is 10.1. The SMILES string of the molecule is CCOC(=O)c1cc(=O)c2cc(OC)cc(N3CCN(CCOC)CC3)c2o1. The highest BCUT2D eigenvalue weighted by Gasteiger charge is 2.23. The van der Waals surface area contributed by atoms with Gasteiger partial charge in [0.05, 0.1) is 31.4 Å². The summed E-state index contributed by atoms with van der Waals surface area (Å²) in [6.07, 6.45) is 0. The number of ether oxygens (including phenoxy) is 3. The molecular weight excluding hydrogens is 364 g/mol. The van der Waals surface area contributed by atoms with E-state index in [1.54, 1.807) is 27.2 Å². The smallest absolute Gasteiger partial charge is 0.374 e. The van der Waals surface area contributed by atoms with E-state index < -0.39 is 5.97 Å². The van der Waals surface area contributed by atoms with Crippen LogP contribution < -0.4 is 15.1 Å². The Morgan fingerprint density at radius 2 is 1.89 bits per heavy atom. The average Bonchev–Trinajstić information content (AvgIpc) is 2.72. The molecular formula is C20H26N2O6. The highest BCUT2D eigenvalue weighted by atomic mass is 16.5. The van der Waals surface area contributed by atoms with Crippen LogP contribution in [-0.2, 0) is 9.47 Å². The molecule has 1 aromatic heterocycles. The summed E-state index contributed by atoms with van der Waals surface area (Å²) in [7, 11) is 3.25. The molecule has 3 rings (SSSR count). The van der Waals surface area contributed by atoms with Crippen molar-refractivity contribution in [2.45, 2.75) is 6.92 Å². The van der Waals surface area contributed by atoms with E-state index in [4.69, 9.17) is 18.6 Å². The van der Waals surface area contributed by atoms with Crippen LogP contribution in [0.25, 0.3) is 11.0 Å². The molecule has 1 aliphatic heterocycles. The van der Waals surface area contributed by atoms with E-state index in [1.165, 1.54) is 6.07 Å². The van der Waals surface area contributed by atoms with Gasteiger partial charge in [-0.05, 0) is 13.0 Å². The highest BCUT2D eigenvalue weighted by molar-refractivity contribution is 5.94. The van der Waals surface area contributed by atoms with Gasteiger partial charge in [0.2, 0.25) is 5.76 Å². The third-order valence-corrected chi connectivity index (χ3v) is 4.82. The van der Waals surface area contributed by atoms with E-state index in [2.05, 4.69) is 9.80 Å². The lowest BCUT2D eigenvalue weighted by Gasteiger charge is -2.36. The Bertz CT molecular complexity index is 886. The van der Waals surface area contributed by atoms with Crippen LogP contribution in [0.15, 0.2) is 27.4 Å². The molecule has 2 aromatic rings. The summed E-state index contributed by atoms with van der Waals surface area (Å²) >= 11 is 0. The normalized spacial score (nSPS) is 15.0. The van der Waals surface area contributed by atoms with E-state index in [9.17, 15) is 9.59 Å². The molecule has 1 saturated heterocycles. The van der Waals surface area contributed by atoms with E-state index in [-0.39, 0.29) is 17.8 Å². The Labute approximate surface area is 163 Å². The van der Waals surface area contributed by atoms with E-state index in [0.717, 1.165) is 38.4 Å². The molecule has 28 heavy (non-hydrogen) atoms. The van der Waals surface area contributed by atoms with Crippen molar-refractivity contribution in [2.75, 3.05) is 65.1 Å². The minimum atomic E-state index is -0.646. The zero-order valence-electron chi connectivity index (χ0n) is 16.5. The third-order valence-electron chi connectivity index (χ3n) is 4.82. The number of carbonyl (C=O) groups excluding carboxylic acids is 1. The Hall–Kier alpha value is -2.58. The standard InChI is InChI=1S/C20H26N2O6/c1-4-27-20(24)18-13-17(23)15-11-14(26-3)12-16(19(15)28-18)22-7-5-21(6-8-22)9-10-25-2/h11-13H,4-10H2,1-3H3. The lowest BCUT2D eigenvalue weighted by Crippen LogP contribution is -2.47. The fourth-order valence-corrected chi connectivity index (χ4v) is 3.30. The maximum absolute atomic E-state index is 12.6. The first kappa shape index (κ1) is 20.2. The summed E-state index contributed by atoms with van der Waals surface area (Å²) in [6.45, 7) is 6.74. The Kier molecular flexibility index (Phi) is 6.53. The zero-order chi connectivity index (χ0) is 20.1. The number of benzene rings is 1. The number of anilines is 1. The number of nitrogens with zero attached hydrogens (tertiary/aromatic N) is 2. The minimum Gasteiger partial charge on any atom is -0.497 e. The summed E-state index contributed by atoms with van der Waals surface area (Å²) < 4.78 is 21.3. The number of hydrogen-bond donors (Lipinski definition) is 0. The molecule has 0 N–H and O–H groups in total. The van der Waals surface area contributed by atoms with Crippen LogP contribution in [0, 0.1) is 0 Å². The van der Waals surface area contributed by atoms with Crippen molar-refractivity contribution in [2.24, 2.45) is 0 Å². The number of rotatable bonds is 7. The summed E-state index contributed by atoms with van der Waals surface area (Å²) in [5, 5.41) is 0.379. The van der Waals surface area contributed by atoms with Gasteiger partial charge in [-0.2, -0.15) is 0 Å². The molecule has 0 spiro atoms. The second kappa shape index (κ2) is 9.07. The van der Waals surface area contributed by atoms with Gasteiger partial charge in [0.1, 0.15) is 5.75 Å². The number of hydrogen-bond acceptors (Lipinski definition) is 8. The van der Waals surface area contributed by atoms with Crippen molar-refractivity contribution in [3.63, 3.8) is 0 Å². The highest BCUT2D eigenvalue weighted by Crippen LogP contribution is 2.32. The summed E-state index contributed by atoms with van der Waals surface area (Å²) in [5.41, 5.74) is 0.814. The molecule has 0 unspecified atom stereocenters. The summed E-state index contributed by atoms with van der Waals surface area (Å²) in [6, 6.07) is 4.64. The molecule has 0 atom stereocenters. The van der Waals surface area contributed by atoms with Crippen molar-refractivity contribution in [1.82, 2.24) is 4.90 Å². The van der Waals surface area contributed by atoms with Gasteiger partial charge in [-0.3, -0.25) is 9.69 Å². The van der Waals surface area contributed by atoms with Crippen molar-refractivity contribution < 1.29 is 23.4 Å². The molecule has 0 bridgehead atoms. The van der Waals surface area contributed by atoms with Crippen LogP contribution in [0.2, 0.25) is 0 Å². The second-order valence-corrected chi connectivity index (χ2v) is 6.54. The number of carbonyl (C=O) groups is 1. The van der Waals surface area contributed by atoms with Crippen molar-refractivity contribution >= 4 is 22.6 Å². The van der Waals surface area contributed by atoms with Gasteiger partial charge >= 0.3 is 5.97 Å². The van der Waals surface area contributed by atoms with E-state index >= 15 is 0 Å². The number of esters is 1. The van der Waals surface area contributed by atoms with Crippen LogP contribution in [0.3, 0.4) is 0 Å². The van der Waals surface area contributed by atoms with Gasteiger partial charge in [-0.25, -0.2) is 4.79 Å². The summed E-state index contributed by atoms with van der Waals surface area (Å²) in [4.78, 5) is 29.2. The largest absolute Gasteiger partial charge is 0.497 e. The van der Waals surface area contributed by atoms with Gasteiger partial charge in [0.15, 0.2) is 11.0 Å². The van der Waals surface area contributed by atoms with Crippen LogP contribution >= 0.6 is 0 Å². The van der Waals surface area contributed by atoms with Gasteiger partial charge in [-0.15, -0.1) is 0 Å². The molecule has 0 amide bonds. The fourth-order valence-electron chi connectivity index (χ4n) is 3.30. The zero-order valence-corrected chi connectivity index (χ0v) is 16.5.